The second-order valence-corrected chi connectivity index (χ2v) is 7.45. The molecule has 7 heteroatoms. The summed E-state index contributed by atoms with van der Waals surface area (Å²) in [7, 11) is 1.60. The van der Waals surface area contributed by atoms with Gasteiger partial charge in [-0.2, -0.15) is 5.10 Å². The Morgan fingerprint density at radius 3 is 2.61 bits per heavy atom. The van der Waals surface area contributed by atoms with Crippen molar-refractivity contribution in [1.82, 2.24) is 9.91 Å². The third-order valence-corrected chi connectivity index (χ3v) is 5.39. The molecule has 2 saturated heterocycles. The number of hydrogen-bond donors (Lipinski definition) is 0. The van der Waals surface area contributed by atoms with Crippen LogP contribution in [0.4, 0.5) is 0 Å². The summed E-state index contributed by atoms with van der Waals surface area (Å²) in [6, 6.07) is 6.55. The van der Waals surface area contributed by atoms with E-state index in [-0.39, 0.29) is 12.5 Å². The van der Waals surface area contributed by atoms with Gasteiger partial charge in [0.25, 0.3) is 5.91 Å². The Hall–Kier alpha value is -2.28. The molecule has 2 aliphatic heterocycles. The minimum absolute atomic E-state index is 0.00734. The van der Waals surface area contributed by atoms with E-state index in [4.69, 9.17) is 19.3 Å². The van der Waals surface area contributed by atoms with Crippen LogP contribution in [0.3, 0.4) is 0 Å². The van der Waals surface area contributed by atoms with Crippen molar-refractivity contribution in [2.24, 2.45) is 5.10 Å². The molecule has 1 amide bonds. The number of hydrogen-bond acceptors (Lipinski definition) is 6. The first-order chi connectivity index (χ1) is 13.6. The standard InChI is InChI=1S/C21H31N3O4/c1-16-5-4-6-17(2)24(16)22-14-18-7-8-19(20(13-18)26-3)28-15-21(25)23-9-11-27-12-10-23/h7-8,13-14,16-17H,4-6,9-12,15H2,1-3H3/b22-14-/t16-,17+. The fourth-order valence-electron chi connectivity index (χ4n) is 3.70. The van der Waals surface area contributed by atoms with Gasteiger partial charge in [-0.05, 0) is 56.9 Å². The highest BCUT2D eigenvalue weighted by Gasteiger charge is 2.23. The van der Waals surface area contributed by atoms with Gasteiger partial charge >= 0.3 is 0 Å². The lowest BCUT2D eigenvalue weighted by Gasteiger charge is -2.36. The van der Waals surface area contributed by atoms with E-state index in [0.29, 0.717) is 49.9 Å². The molecule has 0 spiro atoms. The first kappa shape index (κ1) is 20.5. The van der Waals surface area contributed by atoms with Gasteiger partial charge in [-0.25, -0.2) is 0 Å². The number of carbonyl (C=O) groups is 1. The summed E-state index contributed by atoms with van der Waals surface area (Å²) in [4.78, 5) is 14.0. The zero-order valence-corrected chi connectivity index (χ0v) is 17.1. The van der Waals surface area contributed by atoms with E-state index in [2.05, 4.69) is 18.9 Å². The van der Waals surface area contributed by atoms with Crippen LogP contribution in [0.5, 0.6) is 11.5 Å². The molecule has 0 bridgehead atoms. The number of rotatable bonds is 6. The smallest absolute Gasteiger partial charge is 0.260 e. The van der Waals surface area contributed by atoms with E-state index in [9.17, 15) is 4.79 Å². The van der Waals surface area contributed by atoms with E-state index in [1.165, 1.54) is 19.3 Å². The fraction of sp³-hybridized carbons (Fsp3) is 0.619. The van der Waals surface area contributed by atoms with Crippen LogP contribution in [-0.4, -0.2) is 74.1 Å². The monoisotopic (exact) mass is 389 g/mol. The Kier molecular flexibility index (Phi) is 7.14. The molecule has 2 heterocycles. The second kappa shape index (κ2) is 9.78. The number of benzene rings is 1. The zero-order valence-electron chi connectivity index (χ0n) is 17.1. The van der Waals surface area contributed by atoms with E-state index >= 15 is 0 Å². The quantitative estimate of drug-likeness (QED) is 0.700. The highest BCUT2D eigenvalue weighted by atomic mass is 16.5. The lowest BCUT2D eigenvalue weighted by molar-refractivity contribution is -0.137. The average Bonchev–Trinajstić information content (AvgIpc) is 2.72. The van der Waals surface area contributed by atoms with Crippen LogP contribution in [0.1, 0.15) is 38.7 Å². The molecule has 28 heavy (non-hydrogen) atoms. The molecule has 154 valence electrons. The van der Waals surface area contributed by atoms with E-state index in [1.807, 2.05) is 24.4 Å². The minimum Gasteiger partial charge on any atom is -0.493 e. The Labute approximate surface area is 167 Å². The molecule has 3 rings (SSSR count). The lowest BCUT2D eigenvalue weighted by Crippen LogP contribution is -2.43. The third kappa shape index (κ3) is 5.16. The molecule has 1 aromatic carbocycles. The number of piperidine rings is 1. The maximum atomic E-state index is 12.3. The van der Waals surface area contributed by atoms with E-state index in [1.54, 1.807) is 12.0 Å². The first-order valence-electron chi connectivity index (χ1n) is 10.1. The minimum atomic E-state index is -0.0379. The summed E-state index contributed by atoms with van der Waals surface area (Å²) in [6.45, 7) is 6.82. The highest BCUT2D eigenvalue weighted by Crippen LogP contribution is 2.28. The summed E-state index contributed by atoms with van der Waals surface area (Å²) in [6.07, 6.45) is 5.48. The Morgan fingerprint density at radius 1 is 1.21 bits per heavy atom. The predicted molar refractivity (Wildman–Crippen MR) is 108 cm³/mol. The van der Waals surface area contributed by atoms with Gasteiger partial charge in [0.2, 0.25) is 0 Å². The Morgan fingerprint density at radius 2 is 1.93 bits per heavy atom. The van der Waals surface area contributed by atoms with E-state index in [0.717, 1.165) is 5.56 Å². The number of nitrogens with zero attached hydrogens (tertiary/aromatic N) is 3. The first-order valence-corrected chi connectivity index (χ1v) is 10.1. The van der Waals surface area contributed by atoms with Crippen molar-refractivity contribution in [3.8, 4) is 11.5 Å². The SMILES string of the molecule is COc1cc(/C=N\N2[C@H](C)CCC[C@@H]2C)ccc1OCC(=O)N1CCOCC1. The maximum Gasteiger partial charge on any atom is 0.260 e. The third-order valence-electron chi connectivity index (χ3n) is 5.39. The molecular formula is C21H31N3O4. The molecule has 2 aliphatic rings. The number of carbonyl (C=O) groups excluding carboxylic acids is 1. The van der Waals surface area contributed by atoms with Gasteiger partial charge in [0.15, 0.2) is 18.1 Å². The normalized spacial score (nSPS) is 23.1. The Balaban J connectivity index is 1.61. The molecule has 2 atom stereocenters. The van der Waals surface area contributed by atoms with Crippen molar-refractivity contribution in [2.45, 2.75) is 45.2 Å². The number of methoxy groups -OCH3 is 1. The van der Waals surface area contributed by atoms with Crippen molar-refractivity contribution in [3.63, 3.8) is 0 Å². The van der Waals surface area contributed by atoms with E-state index < -0.39 is 0 Å². The molecular weight excluding hydrogens is 358 g/mol. The number of ether oxygens (including phenoxy) is 3. The molecule has 0 aliphatic carbocycles. The zero-order chi connectivity index (χ0) is 19.9. The van der Waals surface area contributed by atoms with Crippen molar-refractivity contribution in [1.29, 1.82) is 0 Å². The van der Waals surface area contributed by atoms with Crippen molar-refractivity contribution < 1.29 is 19.0 Å². The van der Waals surface area contributed by atoms with Crippen LogP contribution in [-0.2, 0) is 9.53 Å². The molecule has 0 N–H and O–H groups in total. The van der Waals surface area contributed by atoms with Gasteiger partial charge < -0.3 is 19.1 Å². The van der Waals surface area contributed by atoms with Gasteiger partial charge in [-0.1, -0.05) is 0 Å². The molecule has 0 unspecified atom stereocenters. The topological polar surface area (TPSA) is 63.6 Å². The maximum absolute atomic E-state index is 12.3. The van der Waals surface area contributed by atoms with Gasteiger partial charge in [-0.15, -0.1) is 0 Å². The number of amides is 1. The van der Waals surface area contributed by atoms with Gasteiger partial charge in [0.05, 0.1) is 26.5 Å². The van der Waals surface area contributed by atoms with Gasteiger partial charge in [-0.3, -0.25) is 9.80 Å². The van der Waals surface area contributed by atoms with Crippen LogP contribution in [0, 0.1) is 0 Å². The summed E-state index contributed by atoms with van der Waals surface area (Å²) in [5.41, 5.74) is 0.939. The highest BCUT2D eigenvalue weighted by molar-refractivity contribution is 5.81. The van der Waals surface area contributed by atoms with Crippen molar-refractivity contribution in [2.75, 3.05) is 40.0 Å². The largest absolute Gasteiger partial charge is 0.493 e. The fourth-order valence-corrected chi connectivity index (χ4v) is 3.70. The second-order valence-electron chi connectivity index (χ2n) is 7.45. The van der Waals surface area contributed by atoms with Gasteiger partial charge in [0.1, 0.15) is 0 Å². The molecule has 2 fully saturated rings. The molecule has 7 nitrogen and oxygen atoms in total. The summed E-state index contributed by atoms with van der Waals surface area (Å²) in [5, 5.41) is 6.88. The molecule has 0 aromatic heterocycles. The molecule has 0 radical (unpaired) electrons. The van der Waals surface area contributed by atoms with Crippen LogP contribution in [0.2, 0.25) is 0 Å². The predicted octanol–water partition coefficient (Wildman–Crippen LogP) is 2.53. The summed E-state index contributed by atoms with van der Waals surface area (Å²) in [5.74, 6) is 1.11. The number of hydrazone groups is 1. The average molecular weight is 389 g/mol. The van der Waals surface area contributed by atoms with Crippen molar-refractivity contribution in [3.05, 3.63) is 23.8 Å². The summed E-state index contributed by atoms with van der Waals surface area (Å²) >= 11 is 0. The number of morpholine rings is 1. The molecule has 1 aromatic rings. The van der Waals surface area contributed by atoms with Crippen LogP contribution >= 0.6 is 0 Å². The van der Waals surface area contributed by atoms with Crippen LogP contribution < -0.4 is 9.47 Å². The lowest BCUT2D eigenvalue weighted by atomic mass is 10.00. The van der Waals surface area contributed by atoms with Crippen LogP contribution in [0.15, 0.2) is 23.3 Å². The van der Waals surface area contributed by atoms with Crippen LogP contribution in [0.25, 0.3) is 0 Å². The Bertz CT molecular complexity index is 678. The summed E-state index contributed by atoms with van der Waals surface area (Å²) < 4.78 is 16.4. The van der Waals surface area contributed by atoms with Gasteiger partial charge in [0, 0.05) is 25.2 Å². The molecule has 0 saturated carbocycles. The van der Waals surface area contributed by atoms with Crippen molar-refractivity contribution >= 4 is 12.1 Å².